The number of nitro benzene ring substituents is 1. The second-order valence-electron chi connectivity index (χ2n) is 7.15. The molecule has 178 valence electrons. The van der Waals surface area contributed by atoms with Crippen LogP contribution in [0.4, 0.5) is 11.4 Å². The van der Waals surface area contributed by atoms with Crippen LogP contribution in [0.1, 0.15) is 20.7 Å². The first-order chi connectivity index (χ1) is 16.6. The zero-order valence-electron chi connectivity index (χ0n) is 17.6. The van der Waals surface area contributed by atoms with Crippen molar-refractivity contribution in [2.75, 3.05) is 4.72 Å². The number of amides is 2. The molecule has 0 bridgehead atoms. The molecular formula is C21H16N6O7S. The Hall–Kier alpha value is -4.98. The van der Waals surface area contributed by atoms with E-state index >= 15 is 0 Å². The topological polar surface area (TPSA) is 196 Å². The van der Waals surface area contributed by atoms with E-state index in [1.807, 2.05) is 0 Å². The zero-order valence-corrected chi connectivity index (χ0v) is 18.4. The van der Waals surface area contributed by atoms with Crippen LogP contribution in [0, 0.1) is 10.1 Å². The molecule has 0 aliphatic rings. The number of benzene rings is 3. The van der Waals surface area contributed by atoms with Gasteiger partial charge in [-0.25, -0.2) is 13.2 Å². The van der Waals surface area contributed by atoms with Crippen molar-refractivity contribution in [3.05, 3.63) is 98.5 Å². The Morgan fingerprint density at radius 1 is 0.857 bits per heavy atom. The van der Waals surface area contributed by atoms with Gasteiger partial charge < -0.3 is 9.97 Å². The Bertz CT molecular complexity index is 1640. The van der Waals surface area contributed by atoms with E-state index in [9.17, 15) is 32.9 Å². The van der Waals surface area contributed by atoms with Crippen molar-refractivity contribution in [3.63, 3.8) is 0 Å². The molecule has 5 N–H and O–H groups in total. The molecule has 0 aliphatic carbocycles. The largest absolute Gasteiger partial charge is 0.323 e. The third-order valence-corrected chi connectivity index (χ3v) is 6.19. The van der Waals surface area contributed by atoms with Gasteiger partial charge in [0.1, 0.15) is 0 Å². The summed E-state index contributed by atoms with van der Waals surface area (Å²) < 4.78 is 28.1. The highest BCUT2D eigenvalue weighted by Gasteiger charge is 2.20. The van der Waals surface area contributed by atoms with Gasteiger partial charge in [0.05, 0.1) is 32.1 Å². The molecule has 13 nitrogen and oxygen atoms in total. The van der Waals surface area contributed by atoms with E-state index in [-0.39, 0.29) is 32.9 Å². The summed E-state index contributed by atoms with van der Waals surface area (Å²) in [5.41, 5.74) is 3.96. The highest BCUT2D eigenvalue weighted by atomic mass is 32.2. The van der Waals surface area contributed by atoms with Gasteiger partial charge in [-0.05, 0) is 36.4 Å². The molecular weight excluding hydrogens is 480 g/mol. The van der Waals surface area contributed by atoms with Crippen LogP contribution in [0.3, 0.4) is 0 Å². The van der Waals surface area contributed by atoms with Gasteiger partial charge in [-0.2, -0.15) is 0 Å². The van der Waals surface area contributed by atoms with Gasteiger partial charge in [0, 0.05) is 17.7 Å². The van der Waals surface area contributed by atoms with Crippen molar-refractivity contribution >= 4 is 44.2 Å². The van der Waals surface area contributed by atoms with Gasteiger partial charge in [-0.1, -0.05) is 18.2 Å². The van der Waals surface area contributed by atoms with E-state index in [2.05, 4.69) is 25.5 Å². The van der Waals surface area contributed by atoms with Crippen LogP contribution < -0.4 is 21.3 Å². The SMILES string of the molecule is O=C(NNC(=O)c1ccccc1NS(=O)(=O)c1ccc2[nH]c(=O)[nH]c2c1)c1cccc([N+](=O)[O-])c1. The lowest BCUT2D eigenvalue weighted by atomic mass is 10.2. The number of nitro groups is 1. The van der Waals surface area contributed by atoms with Gasteiger partial charge in [-0.3, -0.25) is 35.3 Å². The summed E-state index contributed by atoms with van der Waals surface area (Å²) in [7, 11) is -4.16. The zero-order chi connectivity index (χ0) is 25.2. The number of hydrazine groups is 1. The lowest BCUT2D eigenvalue weighted by molar-refractivity contribution is -0.384. The number of nitrogens with one attached hydrogen (secondary N) is 5. The molecule has 3 aromatic carbocycles. The van der Waals surface area contributed by atoms with Crippen molar-refractivity contribution < 1.29 is 22.9 Å². The highest BCUT2D eigenvalue weighted by molar-refractivity contribution is 7.92. The number of sulfonamides is 1. The predicted molar refractivity (Wildman–Crippen MR) is 124 cm³/mol. The minimum absolute atomic E-state index is 0.0633. The summed E-state index contributed by atoms with van der Waals surface area (Å²) in [6.07, 6.45) is 0. The number of hydrogen-bond acceptors (Lipinski definition) is 7. The van der Waals surface area contributed by atoms with Gasteiger partial charge >= 0.3 is 5.69 Å². The second-order valence-corrected chi connectivity index (χ2v) is 8.84. The minimum Gasteiger partial charge on any atom is -0.306 e. The molecule has 0 unspecified atom stereocenters. The number of carbonyl (C=O) groups is 2. The van der Waals surface area contributed by atoms with Crippen LogP contribution in [0.5, 0.6) is 0 Å². The molecule has 1 aromatic heterocycles. The quantitative estimate of drug-likeness (QED) is 0.197. The van der Waals surface area contributed by atoms with Crippen molar-refractivity contribution in [2.24, 2.45) is 0 Å². The lowest BCUT2D eigenvalue weighted by Gasteiger charge is -2.13. The molecule has 35 heavy (non-hydrogen) atoms. The van der Waals surface area contributed by atoms with Crippen LogP contribution in [0.2, 0.25) is 0 Å². The number of imidazole rings is 1. The van der Waals surface area contributed by atoms with Crippen LogP contribution >= 0.6 is 0 Å². The number of carbonyl (C=O) groups excluding carboxylic acids is 2. The van der Waals surface area contributed by atoms with Crippen LogP contribution in [-0.4, -0.2) is 35.1 Å². The maximum absolute atomic E-state index is 12.9. The van der Waals surface area contributed by atoms with E-state index in [1.54, 1.807) is 0 Å². The lowest BCUT2D eigenvalue weighted by Crippen LogP contribution is -2.41. The number of hydrogen-bond donors (Lipinski definition) is 5. The Morgan fingerprint density at radius 3 is 2.34 bits per heavy atom. The van der Waals surface area contributed by atoms with E-state index in [0.29, 0.717) is 5.52 Å². The molecule has 4 rings (SSSR count). The number of rotatable bonds is 6. The van der Waals surface area contributed by atoms with Gasteiger partial charge in [0.15, 0.2) is 0 Å². The normalized spacial score (nSPS) is 11.1. The third kappa shape index (κ3) is 5.01. The van der Waals surface area contributed by atoms with Crippen molar-refractivity contribution in [1.29, 1.82) is 0 Å². The number of nitrogens with zero attached hydrogens (tertiary/aromatic N) is 1. The molecule has 0 radical (unpaired) electrons. The van der Waals surface area contributed by atoms with E-state index in [0.717, 1.165) is 6.07 Å². The molecule has 14 heteroatoms. The van der Waals surface area contributed by atoms with E-state index in [1.165, 1.54) is 60.7 Å². The summed E-state index contributed by atoms with van der Waals surface area (Å²) >= 11 is 0. The monoisotopic (exact) mass is 496 g/mol. The van der Waals surface area contributed by atoms with Gasteiger partial charge in [-0.15, -0.1) is 0 Å². The van der Waals surface area contributed by atoms with Crippen LogP contribution in [-0.2, 0) is 10.0 Å². The summed E-state index contributed by atoms with van der Waals surface area (Å²) in [5, 5.41) is 10.9. The Labute approximate surface area is 196 Å². The molecule has 1 heterocycles. The number of non-ortho nitro benzene ring substituents is 1. The fraction of sp³-hybridized carbons (Fsp3) is 0. The Balaban J connectivity index is 1.51. The number of para-hydroxylation sites is 1. The summed E-state index contributed by atoms with van der Waals surface area (Å²) in [4.78, 5) is 51.4. The van der Waals surface area contributed by atoms with Crippen LogP contribution in [0.15, 0.2) is 76.4 Å². The standard InChI is InChI=1S/C21H16N6O7S/c28-19(12-4-3-5-13(10-12)27(31)32)24-25-20(29)15-6-1-2-7-16(15)26-35(33,34)14-8-9-17-18(11-14)23-21(30)22-17/h1-11,26H,(H,24,28)(H,25,29)(H2,22,23,30). The molecule has 0 spiro atoms. The highest BCUT2D eigenvalue weighted by Crippen LogP contribution is 2.22. The molecule has 4 aromatic rings. The van der Waals surface area contributed by atoms with Crippen molar-refractivity contribution in [3.8, 4) is 0 Å². The van der Waals surface area contributed by atoms with Gasteiger partial charge in [0.2, 0.25) is 0 Å². The summed E-state index contributed by atoms with van der Waals surface area (Å²) in [5.74, 6) is -1.65. The Morgan fingerprint density at radius 2 is 1.57 bits per heavy atom. The smallest absolute Gasteiger partial charge is 0.306 e. The fourth-order valence-corrected chi connectivity index (χ4v) is 4.27. The number of anilines is 1. The summed E-state index contributed by atoms with van der Waals surface area (Å²) in [6.45, 7) is 0. The summed E-state index contributed by atoms with van der Waals surface area (Å²) in [6, 6.07) is 14.5. The maximum Gasteiger partial charge on any atom is 0.323 e. The molecule has 0 saturated heterocycles. The fourth-order valence-electron chi connectivity index (χ4n) is 3.17. The molecule has 2 amide bonds. The molecule has 0 aliphatic heterocycles. The first-order valence-corrected chi connectivity index (χ1v) is 11.3. The molecule has 0 atom stereocenters. The van der Waals surface area contributed by atoms with Crippen molar-refractivity contribution in [1.82, 2.24) is 20.8 Å². The third-order valence-electron chi connectivity index (χ3n) is 4.82. The minimum atomic E-state index is -4.16. The first kappa shape index (κ1) is 23.2. The molecule has 0 saturated carbocycles. The number of aromatic amines is 2. The number of aromatic nitrogens is 2. The average Bonchev–Trinajstić information content (AvgIpc) is 3.21. The van der Waals surface area contributed by atoms with Gasteiger partial charge in [0.25, 0.3) is 27.5 Å². The molecule has 0 fully saturated rings. The second kappa shape index (κ2) is 9.11. The first-order valence-electron chi connectivity index (χ1n) is 9.83. The average molecular weight is 496 g/mol. The van der Waals surface area contributed by atoms with E-state index < -0.39 is 32.5 Å². The Kier molecular flexibility index (Phi) is 6.03. The van der Waals surface area contributed by atoms with Crippen molar-refractivity contribution in [2.45, 2.75) is 4.90 Å². The number of H-pyrrole nitrogens is 2. The number of fused-ring (bicyclic) bond motifs is 1. The maximum atomic E-state index is 12.9. The predicted octanol–water partition coefficient (Wildman–Crippen LogP) is 1.64. The van der Waals surface area contributed by atoms with Crippen LogP contribution in [0.25, 0.3) is 11.0 Å². The van der Waals surface area contributed by atoms with E-state index in [4.69, 9.17) is 0 Å².